The fourth-order valence-corrected chi connectivity index (χ4v) is 3.02. The van der Waals surface area contributed by atoms with Gasteiger partial charge in [-0.3, -0.25) is 9.69 Å². The van der Waals surface area contributed by atoms with Gasteiger partial charge in [0.05, 0.1) is 25.2 Å². The number of amides is 1. The molecule has 1 aromatic carbocycles. The predicted molar refractivity (Wildman–Crippen MR) is 110 cm³/mol. The highest BCUT2D eigenvalue weighted by molar-refractivity contribution is 5.96. The molecule has 1 N–H and O–H groups in total. The zero-order valence-corrected chi connectivity index (χ0v) is 18.2. The summed E-state index contributed by atoms with van der Waals surface area (Å²) in [5, 5.41) is 10.7. The second-order valence-electron chi connectivity index (χ2n) is 9.16. The minimum atomic E-state index is -0.756. The molecule has 1 rings (SSSR count). The average molecular weight is 380 g/mol. The maximum absolute atomic E-state index is 13.3. The van der Waals surface area contributed by atoms with Crippen molar-refractivity contribution in [2.75, 3.05) is 32.0 Å². The highest BCUT2D eigenvalue weighted by atomic mass is 16.5. The van der Waals surface area contributed by atoms with Gasteiger partial charge in [0, 0.05) is 12.8 Å². The van der Waals surface area contributed by atoms with Crippen LogP contribution in [-0.2, 0) is 19.7 Å². The minimum absolute atomic E-state index is 0.122. The summed E-state index contributed by atoms with van der Waals surface area (Å²) in [5.41, 5.74) is 1.36. The highest BCUT2D eigenvalue weighted by Crippen LogP contribution is 2.34. The molecule has 0 bridgehead atoms. The number of hydrogen-bond donors (Lipinski definition) is 1. The summed E-state index contributed by atoms with van der Waals surface area (Å²) in [5.74, 6) is -0.699. The van der Waals surface area contributed by atoms with Crippen molar-refractivity contribution in [1.82, 2.24) is 0 Å². The van der Waals surface area contributed by atoms with E-state index in [-0.39, 0.29) is 23.5 Å². The molecule has 0 saturated heterocycles. The molecule has 5 heteroatoms. The zero-order chi connectivity index (χ0) is 20.8. The van der Waals surface area contributed by atoms with Crippen molar-refractivity contribution < 1.29 is 19.4 Å². The van der Waals surface area contributed by atoms with Crippen molar-refractivity contribution in [1.29, 1.82) is 0 Å². The first-order chi connectivity index (χ1) is 12.4. The lowest BCUT2D eigenvalue weighted by atomic mass is 9.81. The van der Waals surface area contributed by atoms with Gasteiger partial charge in [0.1, 0.15) is 6.73 Å². The van der Waals surface area contributed by atoms with Crippen LogP contribution >= 0.6 is 0 Å². The Bertz CT molecular complexity index is 601. The van der Waals surface area contributed by atoms with E-state index < -0.39 is 12.0 Å². The molecular weight excluding hydrogens is 342 g/mol. The van der Waals surface area contributed by atoms with Crippen molar-refractivity contribution in [2.45, 2.75) is 60.0 Å². The Morgan fingerprint density at radius 1 is 1.11 bits per heavy atom. The third-order valence-electron chi connectivity index (χ3n) is 4.67. The van der Waals surface area contributed by atoms with E-state index in [1.807, 2.05) is 45.0 Å². The van der Waals surface area contributed by atoms with E-state index in [4.69, 9.17) is 9.47 Å². The van der Waals surface area contributed by atoms with E-state index >= 15 is 0 Å². The monoisotopic (exact) mass is 379 g/mol. The lowest BCUT2D eigenvalue weighted by molar-refractivity contribution is -0.129. The molecule has 1 amide bonds. The van der Waals surface area contributed by atoms with E-state index in [9.17, 15) is 9.90 Å². The average Bonchev–Trinajstić information content (AvgIpc) is 2.58. The Hall–Kier alpha value is -1.43. The Balaban J connectivity index is 3.24. The molecule has 0 radical (unpaired) electrons. The first-order valence-electron chi connectivity index (χ1n) is 9.57. The molecular formula is C22H37NO4. The molecule has 27 heavy (non-hydrogen) atoms. The fraction of sp³-hybridized carbons (Fsp3) is 0.682. The third kappa shape index (κ3) is 6.59. The van der Waals surface area contributed by atoms with Gasteiger partial charge in [-0.2, -0.15) is 0 Å². The molecule has 0 fully saturated rings. The summed E-state index contributed by atoms with van der Waals surface area (Å²) in [6.45, 7) is 14.9. The van der Waals surface area contributed by atoms with Gasteiger partial charge in [-0.05, 0) is 22.5 Å². The number of aliphatic hydroxyl groups excluding tert-OH is 1. The van der Waals surface area contributed by atoms with Crippen LogP contribution < -0.4 is 4.90 Å². The molecule has 0 aliphatic carbocycles. The lowest BCUT2D eigenvalue weighted by Gasteiger charge is -2.35. The molecule has 0 unspecified atom stereocenters. The fourth-order valence-electron chi connectivity index (χ4n) is 3.02. The molecule has 0 saturated carbocycles. The van der Waals surface area contributed by atoms with Crippen LogP contribution in [0.5, 0.6) is 0 Å². The summed E-state index contributed by atoms with van der Waals surface area (Å²) < 4.78 is 10.7. The van der Waals surface area contributed by atoms with E-state index in [0.717, 1.165) is 11.3 Å². The third-order valence-corrected chi connectivity index (χ3v) is 4.67. The molecule has 1 aromatic rings. The first-order valence-corrected chi connectivity index (χ1v) is 9.57. The number of hydrogen-bond acceptors (Lipinski definition) is 4. The molecule has 154 valence electrons. The summed E-state index contributed by atoms with van der Waals surface area (Å²) in [4.78, 5) is 15.0. The number of carbonyl (C=O) groups is 1. The van der Waals surface area contributed by atoms with Crippen LogP contribution in [0.25, 0.3) is 0 Å². The van der Waals surface area contributed by atoms with Crippen LogP contribution in [-0.4, -0.2) is 44.2 Å². The van der Waals surface area contributed by atoms with Gasteiger partial charge >= 0.3 is 0 Å². The van der Waals surface area contributed by atoms with Crippen LogP contribution in [0.15, 0.2) is 24.3 Å². The van der Waals surface area contributed by atoms with Gasteiger partial charge < -0.3 is 14.6 Å². The Morgan fingerprint density at radius 3 is 2.22 bits per heavy atom. The van der Waals surface area contributed by atoms with Gasteiger partial charge in [0.25, 0.3) is 0 Å². The molecule has 2 atom stereocenters. The van der Waals surface area contributed by atoms with Crippen LogP contribution in [0, 0.1) is 11.3 Å². The first kappa shape index (κ1) is 23.6. The van der Waals surface area contributed by atoms with Crippen molar-refractivity contribution in [2.24, 2.45) is 11.3 Å². The minimum Gasteiger partial charge on any atom is -0.392 e. The molecule has 0 spiro atoms. The Labute approximate surface area is 164 Å². The second kappa shape index (κ2) is 9.67. The lowest BCUT2D eigenvalue weighted by Crippen LogP contribution is -2.45. The number of para-hydroxylation sites is 1. The van der Waals surface area contributed by atoms with Crippen LogP contribution in [0.4, 0.5) is 5.69 Å². The maximum Gasteiger partial charge on any atom is 0.234 e. The number of ether oxygens (including phenoxy) is 2. The van der Waals surface area contributed by atoms with Gasteiger partial charge in [0.15, 0.2) is 0 Å². The topological polar surface area (TPSA) is 59.0 Å². The summed E-state index contributed by atoms with van der Waals surface area (Å²) in [6.07, 6.45) is -0.756. The Kier molecular flexibility index (Phi) is 8.46. The van der Waals surface area contributed by atoms with Crippen molar-refractivity contribution in [3.8, 4) is 0 Å². The number of carbonyl (C=O) groups excluding carboxylic acids is 1. The normalized spacial score (nSPS) is 14.7. The smallest absolute Gasteiger partial charge is 0.234 e. The summed E-state index contributed by atoms with van der Waals surface area (Å²) in [7, 11) is 1.61. The number of benzene rings is 1. The summed E-state index contributed by atoms with van der Waals surface area (Å²) >= 11 is 0. The van der Waals surface area contributed by atoms with E-state index in [0.29, 0.717) is 13.2 Å². The maximum atomic E-state index is 13.3. The SMILES string of the molecule is COCCOCN(C(=O)[C@@H](C)[C@@H](O)C(C)(C)C)c1ccccc1C(C)(C)C. The zero-order valence-electron chi connectivity index (χ0n) is 18.2. The van der Waals surface area contributed by atoms with Gasteiger partial charge in [-0.1, -0.05) is 66.7 Å². The van der Waals surface area contributed by atoms with Crippen molar-refractivity contribution in [3.05, 3.63) is 29.8 Å². The van der Waals surface area contributed by atoms with Crippen molar-refractivity contribution >= 4 is 11.6 Å². The molecule has 0 heterocycles. The second-order valence-corrected chi connectivity index (χ2v) is 9.16. The quantitative estimate of drug-likeness (QED) is 0.548. The van der Waals surface area contributed by atoms with E-state index in [1.54, 1.807) is 18.9 Å². The Morgan fingerprint density at radius 2 is 1.70 bits per heavy atom. The summed E-state index contributed by atoms with van der Waals surface area (Å²) in [6, 6.07) is 7.88. The van der Waals surface area contributed by atoms with Crippen LogP contribution in [0.3, 0.4) is 0 Å². The van der Waals surface area contributed by atoms with E-state index in [2.05, 4.69) is 20.8 Å². The van der Waals surface area contributed by atoms with Crippen molar-refractivity contribution in [3.63, 3.8) is 0 Å². The molecule has 5 nitrogen and oxygen atoms in total. The largest absolute Gasteiger partial charge is 0.392 e. The standard InChI is InChI=1S/C22H37NO4/c1-16(19(24)22(5,6)7)20(25)23(15-27-14-13-26-8)18-12-10-9-11-17(18)21(2,3)4/h9-12,16,19,24H,13-15H2,1-8H3/t16-,19+/m0/s1. The van der Waals surface area contributed by atoms with Crippen LogP contribution in [0.1, 0.15) is 54.0 Å². The van der Waals surface area contributed by atoms with Gasteiger partial charge in [0.2, 0.25) is 5.91 Å². The number of aliphatic hydroxyl groups is 1. The predicted octanol–water partition coefficient (Wildman–Crippen LogP) is 3.98. The van der Waals surface area contributed by atoms with Crippen LogP contribution in [0.2, 0.25) is 0 Å². The number of anilines is 1. The van der Waals surface area contributed by atoms with Gasteiger partial charge in [-0.15, -0.1) is 0 Å². The number of methoxy groups -OCH3 is 1. The number of rotatable bonds is 8. The molecule has 0 aliphatic heterocycles. The number of nitrogens with zero attached hydrogens (tertiary/aromatic N) is 1. The molecule has 0 aliphatic rings. The van der Waals surface area contributed by atoms with E-state index in [1.165, 1.54) is 0 Å². The molecule has 0 aromatic heterocycles. The van der Waals surface area contributed by atoms with Gasteiger partial charge in [-0.25, -0.2) is 0 Å². The highest BCUT2D eigenvalue weighted by Gasteiger charge is 2.36.